The molecule has 3 rings (SSSR count). The predicted molar refractivity (Wildman–Crippen MR) is 127 cm³/mol. The minimum absolute atomic E-state index is 0.177. The zero-order valence-electron chi connectivity index (χ0n) is 19.0. The zero-order valence-corrected chi connectivity index (χ0v) is 19.0. The van der Waals surface area contributed by atoms with Crippen molar-refractivity contribution in [1.29, 1.82) is 0 Å². The summed E-state index contributed by atoms with van der Waals surface area (Å²) in [4.78, 5) is 27.3. The van der Waals surface area contributed by atoms with E-state index in [1.54, 1.807) is 17.0 Å². The number of carbonyl (C=O) groups is 2. The van der Waals surface area contributed by atoms with Gasteiger partial charge in [0.05, 0.1) is 0 Å². The number of ether oxygens (including phenoxy) is 1. The highest BCUT2D eigenvalue weighted by atomic mass is 16.6. The number of nitrogens with one attached hydrogen (secondary N) is 1. The lowest BCUT2D eigenvalue weighted by Crippen LogP contribution is -2.48. The maximum atomic E-state index is 12.9. The molecule has 0 spiro atoms. The number of carbonyl (C=O) groups excluding carboxylic acids is 2. The molecule has 2 amide bonds. The second-order valence-electron chi connectivity index (χ2n) is 9.51. The predicted octanol–water partition coefficient (Wildman–Crippen LogP) is 6.63. The highest BCUT2D eigenvalue weighted by Gasteiger charge is 2.32. The van der Waals surface area contributed by atoms with E-state index in [9.17, 15) is 9.59 Å². The van der Waals surface area contributed by atoms with Crippen LogP contribution in [-0.4, -0.2) is 23.1 Å². The van der Waals surface area contributed by atoms with Gasteiger partial charge in [-0.25, -0.2) is 4.79 Å². The lowest BCUT2D eigenvalue weighted by molar-refractivity contribution is 0.0550. The molecule has 162 valence electrons. The Bertz CT molecular complexity index is 1080. The fourth-order valence-corrected chi connectivity index (χ4v) is 3.39. The molecule has 0 fully saturated rings. The summed E-state index contributed by atoms with van der Waals surface area (Å²) in [6.45, 7) is 11.4. The van der Waals surface area contributed by atoms with Crippen LogP contribution in [0.2, 0.25) is 0 Å². The average Bonchev–Trinajstić information content (AvgIpc) is 2.66. The Hall–Kier alpha value is -3.34. The Morgan fingerprint density at radius 2 is 1.42 bits per heavy atom. The SMILES string of the molecule is CC(C)(C)OC(=O)N(c1ccc(NC(=O)c2cccc3ccccc23)cc1)C(C)(C)C. The van der Waals surface area contributed by atoms with Crippen LogP contribution >= 0.6 is 0 Å². The standard InChI is InChI=1S/C26H30N2O3/c1-25(2,3)28(24(30)31-26(4,5)6)20-16-14-19(15-17-20)27-23(29)22-13-9-11-18-10-7-8-12-21(18)22/h7-17H,1-6H3,(H,27,29). The van der Waals surface area contributed by atoms with Crippen LogP contribution in [-0.2, 0) is 4.74 Å². The first kappa shape index (κ1) is 22.3. The van der Waals surface area contributed by atoms with Crippen molar-refractivity contribution in [2.75, 3.05) is 10.2 Å². The van der Waals surface area contributed by atoms with Gasteiger partial charge in [0.1, 0.15) is 5.60 Å². The van der Waals surface area contributed by atoms with E-state index in [-0.39, 0.29) is 5.91 Å². The van der Waals surface area contributed by atoms with Crippen LogP contribution in [0.1, 0.15) is 51.9 Å². The lowest BCUT2D eigenvalue weighted by atomic mass is 10.0. The molecule has 0 aliphatic heterocycles. The molecule has 0 aromatic heterocycles. The minimum Gasteiger partial charge on any atom is -0.443 e. The lowest BCUT2D eigenvalue weighted by Gasteiger charge is -2.36. The van der Waals surface area contributed by atoms with Crippen LogP contribution in [0.25, 0.3) is 10.8 Å². The third kappa shape index (κ3) is 5.43. The molecule has 0 unspecified atom stereocenters. The van der Waals surface area contributed by atoms with E-state index in [1.807, 2.05) is 96.1 Å². The summed E-state index contributed by atoms with van der Waals surface area (Å²) in [5.74, 6) is -0.177. The molecule has 0 heterocycles. The van der Waals surface area contributed by atoms with Crippen LogP contribution in [0.5, 0.6) is 0 Å². The molecular weight excluding hydrogens is 388 g/mol. The molecule has 0 bridgehead atoms. The highest BCUT2D eigenvalue weighted by molar-refractivity contribution is 6.13. The van der Waals surface area contributed by atoms with Crippen LogP contribution in [0.3, 0.4) is 0 Å². The van der Waals surface area contributed by atoms with Gasteiger partial charge in [-0.1, -0.05) is 36.4 Å². The molecule has 0 atom stereocenters. The van der Waals surface area contributed by atoms with Crippen molar-refractivity contribution in [2.24, 2.45) is 0 Å². The van der Waals surface area contributed by atoms with Gasteiger partial charge < -0.3 is 10.1 Å². The Balaban J connectivity index is 1.83. The number of rotatable bonds is 3. The van der Waals surface area contributed by atoms with Crippen molar-refractivity contribution < 1.29 is 14.3 Å². The first-order chi connectivity index (χ1) is 14.5. The largest absolute Gasteiger partial charge is 0.443 e. The molecule has 1 N–H and O–H groups in total. The van der Waals surface area contributed by atoms with Crippen molar-refractivity contribution in [1.82, 2.24) is 0 Å². The molecular formula is C26H30N2O3. The number of hydrogen-bond acceptors (Lipinski definition) is 3. The molecule has 31 heavy (non-hydrogen) atoms. The van der Waals surface area contributed by atoms with Crippen molar-refractivity contribution in [3.05, 3.63) is 72.3 Å². The number of fused-ring (bicyclic) bond motifs is 1. The van der Waals surface area contributed by atoms with E-state index >= 15 is 0 Å². The molecule has 5 nitrogen and oxygen atoms in total. The summed E-state index contributed by atoms with van der Waals surface area (Å²) >= 11 is 0. The molecule has 0 aliphatic rings. The number of benzene rings is 3. The summed E-state index contributed by atoms with van der Waals surface area (Å²) < 4.78 is 5.59. The third-order valence-electron chi connectivity index (χ3n) is 4.66. The average molecular weight is 419 g/mol. The van der Waals surface area contributed by atoms with Gasteiger partial charge in [0.25, 0.3) is 5.91 Å². The third-order valence-corrected chi connectivity index (χ3v) is 4.66. The maximum Gasteiger partial charge on any atom is 0.415 e. The fourth-order valence-electron chi connectivity index (χ4n) is 3.39. The van der Waals surface area contributed by atoms with E-state index in [2.05, 4.69) is 5.32 Å². The van der Waals surface area contributed by atoms with E-state index in [4.69, 9.17) is 4.74 Å². The Morgan fingerprint density at radius 1 is 0.806 bits per heavy atom. The highest BCUT2D eigenvalue weighted by Crippen LogP contribution is 2.28. The number of anilines is 2. The summed E-state index contributed by atoms with van der Waals surface area (Å²) in [7, 11) is 0. The zero-order chi connectivity index (χ0) is 22.8. The van der Waals surface area contributed by atoms with Crippen LogP contribution in [0.15, 0.2) is 66.7 Å². The number of nitrogens with zero attached hydrogens (tertiary/aromatic N) is 1. The molecule has 0 saturated carbocycles. The maximum absolute atomic E-state index is 12.9. The van der Waals surface area contributed by atoms with Crippen LogP contribution in [0, 0.1) is 0 Å². The van der Waals surface area contributed by atoms with Gasteiger partial charge in [0.2, 0.25) is 0 Å². The Labute approximate surface area is 184 Å². The fraction of sp³-hybridized carbons (Fsp3) is 0.308. The van der Waals surface area contributed by atoms with Crippen molar-refractivity contribution >= 4 is 34.1 Å². The second-order valence-corrected chi connectivity index (χ2v) is 9.51. The van der Waals surface area contributed by atoms with Gasteiger partial charge >= 0.3 is 6.09 Å². The van der Waals surface area contributed by atoms with Crippen molar-refractivity contribution in [2.45, 2.75) is 52.7 Å². The number of hydrogen-bond donors (Lipinski definition) is 1. The van der Waals surface area contributed by atoms with Gasteiger partial charge in [-0.2, -0.15) is 0 Å². The minimum atomic E-state index is -0.590. The summed E-state index contributed by atoms with van der Waals surface area (Å²) in [6.07, 6.45) is -0.410. The van der Waals surface area contributed by atoms with Gasteiger partial charge in [-0.3, -0.25) is 9.69 Å². The smallest absolute Gasteiger partial charge is 0.415 e. The second kappa shape index (κ2) is 8.42. The van der Waals surface area contributed by atoms with Gasteiger partial charge in [-0.15, -0.1) is 0 Å². The molecule has 0 radical (unpaired) electrons. The first-order valence-corrected chi connectivity index (χ1v) is 10.4. The van der Waals surface area contributed by atoms with Crippen molar-refractivity contribution in [3.8, 4) is 0 Å². The summed E-state index contributed by atoms with van der Waals surface area (Å²) in [5.41, 5.74) is 0.903. The normalized spacial score (nSPS) is 11.8. The van der Waals surface area contributed by atoms with Gasteiger partial charge in [-0.05, 0) is 82.6 Å². The number of amides is 2. The van der Waals surface area contributed by atoms with Gasteiger partial charge in [0, 0.05) is 22.5 Å². The van der Waals surface area contributed by atoms with Crippen LogP contribution < -0.4 is 10.2 Å². The van der Waals surface area contributed by atoms with E-state index in [0.29, 0.717) is 16.9 Å². The van der Waals surface area contributed by atoms with Crippen LogP contribution in [0.4, 0.5) is 16.2 Å². The summed E-state index contributed by atoms with van der Waals surface area (Å²) in [5, 5.41) is 4.87. The van der Waals surface area contributed by atoms with Gasteiger partial charge in [0.15, 0.2) is 0 Å². The van der Waals surface area contributed by atoms with E-state index in [1.165, 1.54) is 0 Å². The molecule has 3 aromatic carbocycles. The first-order valence-electron chi connectivity index (χ1n) is 10.4. The molecule has 0 saturated heterocycles. The molecule has 5 heteroatoms. The quantitative estimate of drug-likeness (QED) is 0.519. The molecule has 0 aliphatic carbocycles. The van der Waals surface area contributed by atoms with E-state index in [0.717, 1.165) is 10.8 Å². The molecule has 3 aromatic rings. The summed E-state index contributed by atoms with van der Waals surface area (Å²) in [6, 6.07) is 20.7. The van der Waals surface area contributed by atoms with E-state index < -0.39 is 17.2 Å². The topological polar surface area (TPSA) is 58.6 Å². The Morgan fingerprint density at radius 3 is 2.03 bits per heavy atom. The Kier molecular flexibility index (Phi) is 6.07. The van der Waals surface area contributed by atoms with Crippen molar-refractivity contribution in [3.63, 3.8) is 0 Å². The monoisotopic (exact) mass is 418 g/mol.